The maximum absolute atomic E-state index is 12.8. The fourth-order valence-electron chi connectivity index (χ4n) is 2.84. The van der Waals surface area contributed by atoms with Crippen LogP contribution >= 0.6 is 0 Å². The standard InChI is InChI=1S/C20H27F3N2OSi2/c1-7-27(4,5)26-28(6,8-2)16-19-24(3)13-14-25(19)15-17-9-11-18(12-10-17)20(21,22)23/h7-14,16H,1-2,15H2,3-6H3. The van der Waals surface area contributed by atoms with Gasteiger partial charge in [0.1, 0.15) is 5.82 Å². The molecular weight excluding hydrogens is 397 g/mol. The van der Waals surface area contributed by atoms with Crippen molar-refractivity contribution in [2.75, 3.05) is 7.05 Å². The lowest BCUT2D eigenvalue weighted by Gasteiger charge is -2.32. The molecule has 1 aliphatic rings. The van der Waals surface area contributed by atoms with Gasteiger partial charge in [0.05, 0.1) is 5.56 Å². The summed E-state index contributed by atoms with van der Waals surface area (Å²) >= 11 is 0. The van der Waals surface area contributed by atoms with Crippen LogP contribution in [-0.4, -0.2) is 33.5 Å². The predicted octanol–water partition coefficient (Wildman–Crippen LogP) is 5.55. The second-order valence-electron chi connectivity index (χ2n) is 7.53. The van der Waals surface area contributed by atoms with Crippen LogP contribution in [0.25, 0.3) is 0 Å². The second-order valence-corrected chi connectivity index (χ2v) is 15.0. The van der Waals surface area contributed by atoms with Gasteiger partial charge in [-0.3, -0.25) is 0 Å². The van der Waals surface area contributed by atoms with Crippen LogP contribution in [0.1, 0.15) is 11.1 Å². The largest absolute Gasteiger partial charge is 0.446 e. The first-order valence-corrected chi connectivity index (χ1v) is 14.5. The van der Waals surface area contributed by atoms with Gasteiger partial charge >= 0.3 is 6.18 Å². The van der Waals surface area contributed by atoms with E-state index in [4.69, 9.17) is 4.12 Å². The number of hydrogen-bond donors (Lipinski definition) is 0. The Morgan fingerprint density at radius 2 is 1.64 bits per heavy atom. The summed E-state index contributed by atoms with van der Waals surface area (Å²) < 4.78 is 44.7. The first kappa shape index (κ1) is 22.3. The third kappa shape index (κ3) is 5.49. The van der Waals surface area contributed by atoms with E-state index < -0.39 is 28.4 Å². The lowest BCUT2D eigenvalue weighted by molar-refractivity contribution is -0.137. The van der Waals surface area contributed by atoms with Crippen molar-refractivity contribution in [1.29, 1.82) is 0 Å². The molecule has 0 amide bonds. The molecule has 28 heavy (non-hydrogen) atoms. The van der Waals surface area contributed by atoms with Crippen molar-refractivity contribution < 1.29 is 17.3 Å². The van der Waals surface area contributed by atoms with E-state index >= 15 is 0 Å². The number of rotatable bonds is 7. The van der Waals surface area contributed by atoms with E-state index in [9.17, 15) is 13.2 Å². The molecular formula is C20H27F3N2OSi2. The second kappa shape index (κ2) is 8.14. The Labute approximate surface area is 167 Å². The first-order valence-electron chi connectivity index (χ1n) is 8.93. The van der Waals surface area contributed by atoms with Gasteiger partial charge in [-0.15, -0.1) is 13.2 Å². The zero-order valence-corrected chi connectivity index (χ0v) is 18.8. The van der Waals surface area contributed by atoms with Crippen LogP contribution in [0.5, 0.6) is 0 Å². The van der Waals surface area contributed by atoms with E-state index in [1.165, 1.54) is 12.1 Å². The van der Waals surface area contributed by atoms with Gasteiger partial charge in [-0.05, 0) is 43.0 Å². The average molecular weight is 425 g/mol. The molecule has 1 unspecified atom stereocenters. The van der Waals surface area contributed by atoms with Gasteiger partial charge in [0.25, 0.3) is 0 Å². The Morgan fingerprint density at radius 1 is 1.04 bits per heavy atom. The van der Waals surface area contributed by atoms with Crippen molar-refractivity contribution in [3.63, 3.8) is 0 Å². The molecule has 152 valence electrons. The predicted molar refractivity (Wildman–Crippen MR) is 113 cm³/mol. The molecule has 0 spiro atoms. The molecule has 0 saturated heterocycles. The minimum absolute atomic E-state index is 0.467. The SMILES string of the molecule is C=C[Si](C)(C)O[Si](C)(C=C)C=C1N(C)C=CN1Cc1ccc(C(F)(F)F)cc1. The van der Waals surface area contributed by atoms with Crippen LogP contribution in [-0.2, 0) is 16.8 Å². The monoisotopic (exact) mass is 424 g/mol. The fraction of sp³-hybridized carbons (Fsp3) is 0.300. The molecule has 8 heteroatoms. The summed E-state index contributed by atoms with van der Waals surface area (Å²) in [7, 11) is -2.43. The Bertz CT molecular complexity index is 788. The van der Waals surface area contributed by atoms with Crippen LogP contribution in [0.2, 0.25) is 19.6 Å². The minimum Gasteiger partial charge on any atom is -0.446 e. The Hall–Kier alpha value is -2.04. The highest BCUT2D eigenvalue weighted by molar-refractivity contribution is 6.92. The number of benzene rings is 1. The van der Waals surface area contributed by atoms with Gasteiger partial charge in [-0.2, -0.15) is 13.2 Å². The minimum atomic E-state index is -4.33. The van der Waals surface area contributed by atoms with Crippen molar-refractivity contribution in [3.8, 4) is 0 Å². The molecule has 1 atom stereocenters. The van der Waals surface area contributed by atoms with E-state index in [1.54, 1.807) is 0 Å². The summed E-state index contributed by atoms with van der Waals surface area (Å²) in [5.74, 6) is 0.933. The summed E-state index contributed by atoms with van der Waals surface area (Å²) in [4.78, 5) is 3.98. The van der Waals surface area contributed by atoms with Crippen LogP contribution in [0.4, 0.5) is 13.2 Å². The van der Waals surface area contributed by atoms with E-state index in [0.29, 0.717) is 6.54 Å². The van der Waals surface area contributed by atoms with Crippen molar-refractivity contribution >= 4 is 16.6 Å². The highest BCUT2D eigenvalue weighted by atomic mass is 28.4. The van der Waals surface area contributed by atoms with Gasteiger partial charge in [-0.1, -0.05) is 23.5 Å². The average Bonchev–Trinajstić information content (AvgIpc) is 2.94. The van der Waals surface area contributed by atoms with Gasteiger partial charge in [0.2, 0.25) is 8.32 Å². The van der Waals surface area contributed by atoms with Gasteiger partial charge < -0.3 is 13.9 Å². The summed E-state index contributed by atoms with van der Waals surface area (Å²) in [5, 5.41) is 0. The molecule has 0 bridgehead atoms. The van der Waals surface area contributed by atoms with E-state index in [2.05, 4.69) is 38.5 Å². The number of alkyl halides is 3. The zero-order chi connectivity index (χ0) is 21.2. The van der Waals surface area contributed by atoms with Gasteiger partial charge in [0, 0.05) is 26.0 Å². The molecule has 0 fully saturated rings. The van der Waals surface area contributed by atoms with Crippen LogP contribution in [0.15, 0.2) is 72.7 Å². The molecule has 1 aromatic carbocycles. The maximum Gasteiger partial charge on any atom is 0.416 e. The summed E-state index contributed by atoms with van der Waals surface area (Å²) in [6.07, 6.45) is -0.491. The van der Waals surface area contributed by atoms with Gasteiger partial charge in [0.15, 0.2) is 8.32 Å². The third-order valence-corrected chi connectivity index (χ3v) is 11.0. The number of nitrogens with zero attached hydrogens (tertiary/aromatic N) is 2. The van der Waals surface area contributed by atoms with Crippen molar-refractivity contribution in [2.24, 2.45) is 0 Å². The molecule has 2 rings (SSSR count). The molecule has 3 nitrogen and oxygen atoms in total. The molecule has 0 aliphatic carbocycles. The highest BCUT2D eigenvalue weighted by Crippen LogP contribution is 2.30. The van der Waals surface area contributed by atoms with Crippen molar-refractivity contribution in [1.82, 2.24) is 9.80 Å². The molecule has 1 aliphatic heterocycles. The highest BCUT2D eigenvalue weighted by Gasteiger charge is 2.34. The van der Waals surface area contributed by atoms with Crippen molar-refractivity contribution in [2.45, 2.75) is 32.4 Å². The molecule has 0 N–H and O–H groups in total. The smallest absolute Gasteiger partial charge is 0.416 e. The van der Waals surface area contributed by atoms with Gasteiger partial charge in [-0.25, -0.2) is 0 Å². The maximum atomic E-state index is 12.8. The lowest BCUT2D eigenvalue weighted by atomic mass is 10.1. The molecule has 0 saturated carbocycles. The lowest BCUT2D eigenvalue weighted by Crippen LogP contribution is -2.44. The van der Waals surface area contributed by atoms with Crippen LogP contribution < -0.4 is 0 Å². The van der Waals surface area contributed by atoms with E-state index in [0.717, 1.165) is 23.5 Å². The third-order valence-electron chi connectivity index (χ3n) is 4.56. The van der Waals surface area contributed by atoms with Crippen LogP contribution in [0.3, 0.4) is 0 Å². The summed E-state index contributed by atoms with van der Waals surface area (Å²) in [5.41, 5.74) is 6.06. The first-order chi connectivity index (χ1) is 12.9. The zero-order valence-electron chi connectivity index (χ0n) is 16.8. The Balaban J connectivity index is 2.25. The fourth-order valence-corrected chi connectivity index (χ4v) is 9.28. The van der Waals surface area contributed by atoms with E-state index in [1.807, 2.05) is 40.6 Å². The Morgan fingerprint density at radius 3 is 2.14 bits per heavy atom. The van der Waals surface area contributed by atoms with E-state index in [-0.39, 0.29) is 0 Å². The normalized spacial score (nSPS) is 18.5. The topological polar surface area (TPSA) is 15.7 Å². The molecule has 1 heterocycles. The van der Waals surface area contributed by atoms with Crippen molar-refractivity contribution in [3.05, 3.63) is 83.9 Å². The number of halogens is 3. The summed E-state index contributed by atoms with van der Waals surface area (Å²) in [6.45, 7) is 14.6. The molecule has 1 aromatic rings. The molecule has 0 radical (unpaired) electrons. The summed E-state index contributed by atoms with van der Waals surface area (Å²) in [6, 6.07) is 5.26. The number of hydrogen-bond acceptors (Lipinski definition) is 3. The molecule has 0 aromatic heterocycles. The van der Waals surface area contributed by atoms with Crippen LogP contribution in [0, 0.1) is 0 Å². The quantitative estimate of drug-likeness (QED) is 0.534. The Kier molecular flexibility index (Phi) is 6.47.